The average Bonchev–Trinajstić information content (AvgIpc) is 2.36. The Labute approximate surface area is 129 Å². The van der Waals surface area contributed by atoms with E-state index in [1.54, 1.807) is 0 Å². The van der Waals surface area contributed by atoms with Gasteiger partial charge in [-0.25, -0.2) is 0 Å². The normalized spacial score (nSPS) is 14.3. The molecular weight excluding hydrogens is 266 g/mol. The van der Waals surface area contributed by atoms with E-state index in [0.717, 1.165) is 19.3 Å². The first-order valence-electron chi connectivity index (χ1n) is 8.07. The SMILES string of the molecule is CC(C)NC(=O)C(C)CC(=O)C(CCCCN)NC(C)C. The molecule has 0 aromatic carbocycles. The minimum absolute atomic E-state index is 0.0522. The highest BCUT2D eigenvalue weighted by atomic mass is 16.2. The third kappa shape index (κ3) is 9.58. The van der Waals surface area contributed by atoms with Gasteiger partial charge in [-0.3, -0.25) is 9.59 Å². The maximum absolute atomic E-state index is 12.4. The van der Waals surface area contributed by atoms with Crippen molar-refractivity contribution in [2.75, 3.05) is 6.54 Å². The van der Waals surface area contributed by atoms with Gasteiger partial charge in [0.2, 0.25) is 5.91 Å². The summed E-state index contributed by atoms with van der Waals surface area (Å²) in [4.78, 5) is 24.3. The fraction of sp³-hybridized carbons (Fsp3) is 0.875. The zero-order valence-corrected chi connectivity index (χ0v) is 14.2. The van der Waals surface area contributed by atoms with Crippen LogP contribution in [-0.2, 0) is 9.59 Å². The number of amides is 1. The van der Waals surface area contributed by atoms with Gasteiger partial charge in [0, 0.05) is 24.4 Å². The van der Waals surface area contributed by atoms with Crippen LogP contribution in [0, 0.1) is 5.92 Å². The second kappa shape index (κ2) is 10.7. The predicted molar refractivity (Wildman–Crippen MR) is 87.0 cm³/mol. The van der Waals surface area contributed by atoms with Crippen molar-refractivity contribution in [3.05, 3.63) is 0 Å². The van der Waals surface area contributed by atoms with Crippen LogP contribution in [-0.4, -0.2) is 36.4 Å². The van der Waals surface area contributed by atoms with Crippen LogP contribution in [0.5, 0.6) is 0 Å². The number of carbonyl (C=O) groups excluding carboxylic acids is 2. The molecule has 0 aliphatic heterocycles. The van der Waals surface area contributed by atoms with E-state index in [2.05, 4.69) is 10.6 Å². The Morgan fingerprint density at radius 3 is 2.10 bits per heavy atom. The number of unbranched alkanes of at least 4 members (excludes halogenated alkanes) is 1. The Morgan fingerprint density at radius 1 is 1.00 bits per heavy atom. The molecule has 0 fully saturated rings. The Balaban J connectivity index is 4.46. The Morgan fingerprint density at radius 2 is 1.62 bits per heavy atom. The van der Waals surface area contributed by atoms with Gasteiger partial charge in [-0.2, -0.15) is 0 Å². The van der Waals surface area contributed by atoms with Crippen molar-refractivity contribution in [3.8, 4) is 0 Å². The molecule has 21 heavy (non-hydrogen) atoms. The lowest BCUT2D eigenvalue weighted by atomic mass is 9.95. The molecule has 4 N–H and O–H groups in total. The number of ketones is 1. The lowest BCUT2D eigenvalue weighted by Gasteiger charge is -2.22. The van der Waals surface area contributed by atoms with Gasteiger partial charge in [-0.05, 0) is 33.2 Å². The highest BCUT2D eigenvalue weighted by molar-refractivity contribution is 5.89. The van der Waals surface area contributed by atoms with Crippen LogP contribution in [0.15, 0.2) is 0 Å². The van der Waals surface area contributed by atoms with Crippen LogP contribution < -0.4 is 16.4 Å². The first-order valence-corrected chi connectivity index (χ1v) is 8.07. The molecule has 0 radical (unpaired) electrons. The molecular formula is C16H33N3O2. The van der Waals surface area contributed by atoms with Gasteiger partial charge in [0.05, 0.1) is 6.04 Å². The minimum atomic E-state index is -0.286. The molecule has 0 bridgehead atoms. The first-order chi connectivity index (χ1) is 9.77. The van der Waals surface area contributed by atoms with Crippen molar-refractivity contribution in [1.29, 1.82) is 0 Å². The van der Waals surface area contributed by atoms with E-state index in [4.69, 9.17) is 5.73 Å². The third-order valence-electron chi connectivity index (χ3n) is 3.26. The smallest absolute Gasteiger partial charge is 0.223 e. The standard InChI is InChI=1S/C16H33N3O2/c1-11(2)18-14(8-6-7-9-17)15(20)10-13(5)16(21)19-12(3)4/h11-14,18H,6-10,17H2,1-5H3,(H,19,21). The Bertz CT molecular complexity index is 317. The van der Waals surface area contributed by atoms with E-state index in [-0.39, 0.29) is 42.2 Å². The highest BCUT2D eigenvalue weighted by Crippen LogP contribution is 2.11. The molecule has 0 aliphatic carbocycles. The number of carbonyl (C=O) groups is 2. The van der Waals surface area contributed by atoms with Crippen molar-refractivity contribution in [2.24, 2.45) is 11.7 Å². The van der Waals surface area contributed by atoms with Crippen molar-refractivity contribution in [2.45, 2.75) is 78.4 Å². The molecule has 0 aromatic heterocycles. The Kier molecular flexibility index (Phi) is 10.3. The average molecular weight is 299 g/mol. The molecule has 2 unspecified atom stereocenters. The van der Waals surface area contributed by atoms with Crippen molar-refractivity contribution in [3.63, 3.8) is 0 Å². The monoisotopic (exact) mass is 299 g/mol. The number of nitrogens with two attached hydrogens (primary N) is 1. The van der Waals surface area contributed by atoms with Crippen LogP contribution in [0.3, 0.4) is 0 Å². The first kappa shape index (κ1) is 20.1. The number of nitrogens with one attached hydrogen (secondary N) is 2. The maximum atomic E-state index is 12.4. The summed E-state index contributed by atoms with van der Waals surface area (Å²) in [6.45, 7) is 10.3. The van der Waals surface area contributed by atoms with Gasteiger partial charge in [-0.1, -0.05) is 27.2 Å². The van der Waals surface area contributed by atoms with Crippen LogP contribution >= 0.6 is 0 Å². The van der Waals surface area contributed by atoms with Gasteiger partial charge in [0.25, 0.3) is 0 Å². The quantitative estimate of drug-likeness (QED) is 0.506. The van der Waals surface area contributed by atoms with E-state index < -0.39 is 0 Å². The minimum Gasteiger partial charge on any atom is -0.354 e. The molecule has 0 spiro atoms. The molecule has 5 heteroatoms. The number of rotatable bonds is 11. The van der Waals surface area contributed by atoms with Crippen LogP contribution in [0.25, 0.3) is 0 Å². The second-order valence-corrected chi connectivity index (χ2v) is 6.39. The lowest BCUT2D eigenvalue weighted by Crippen LogP contribution is -2.43. The van der Waals surface area contributed by atoms with E-state index in [0.29, 0.717) is 6.54 Å². The second-order valence-electron chi connectivity index (χ2n) is 6.39. The molecule has 0 saturated heterocycles. The molecule has 124 valence electrons. The van der Waals surface area contributed by atoms with E-state index in [9.17, 15) is 9.59 Å². The van der Waals surface area contributed by atoms with E-state index in [1.165, 1.54) is 0 Å². The summed E-state index contributed by atoms with van der Waals surface area (Å²) in [5, 5.41) is 6.15. The highest BCUT2D eigenvalue weighted by Gasteiger charge is 2.24. The molecule has 0 aromatic rings. The fourth-order valence-electron chi connectivity index (χ4n) is 2.20. The molecule has 0 aliphatic rings. The number of Topliss-reactive ketones (excluding diaryl/α,β-unsaturated/α-hetero) is 1. The zero-order valence-electron chi connectivity index (χ0n) is 14.2. The third-order valence-corrected chi connectivity index (χ3v) is 3.26. The predicted octanol–water partition coefficient (Wildman–Crippen LogP) is 1.60. The van der Waals surface area contributed by atoms with Gasteiger partial charge >= 0.3 is 0 Å². The van der Waals surface area contributed by atoms with E-state index >= 15 is 0 Å². The lowest BCUT2D eigenvalue weighted by molar-refractivity contribution is -0.130. The molecule has 0 saturated carbocycles. The summed E-state index contributed by atoms with van der Waals surface area (Å²) < 4.78 is 0. The topological polar surface area (TPSA) is 84.2 Å². The largest absolute Gasteiger partial charge is 0.354 e. The van der Waals surface area contributed by atoms with E-state index in [1.807, 2.05) is 34.6 Å². The fourth-order valence-corrected chi connectivity index (χ4v) is 2.20. The van der Waals surface area contributed by atoms with Crippen LogP contribution in [0.2, 0.25) is 0 Å². The number of hydrogen-bond acceptors (Lipinski definition) is 4. The van der Waals surface area contributed by atoms with Crippen LogP contribution in [0.1, 0.15) is 60.3 Å². The molecule has 1 amide bonds. The van der Waals surface area contributed by atoms with Gasteiger partial charge in [0.1, 0.15) is 0 Å². The maximum Gasteiger partial charge on any atom is 0.223 e. The van der Waals surface area contributed by atoms with Gasteiger partial charge in [0.15, 0.2) is 5.78 Å². The number of hydrogen-bond donors (Lipinski definition) is 3. The van der Waals surface area contributed by atoms with Crippen molar-refractivity contribution in [1.82, 2.24) is 10.6 Å². The summed E-state index contributed by atoms with van der Waals surface area (Å²) in [5.74, 6) is -0.221. The molecule has 5 nitrogen and oxygen atoms in total. The van der Waals surface area contributed by atoms with Crippen molar-refractivity contribution >= 4 is 11.7 Å². The van der Waals surface area contributed by atoms with Crippen LogP contribution in [0.4, 0.5) is 0 Å². The summed E-state index contributed by atoms with van der Waals surface area (Å²) in [6.07, 6.45) is 2.92. The van der Waals surface area contributed by atoms with Gasteiger partial charge in [-0.15, -0.1) is 0 Å². The molecule has 2 atom stereocenters. The Hall–Kier alpha value is -0.940. The van der Waals surface area contributed by atoms with Crippen molar-refractivity contribution < 1.29 is 9.59 Å². The molecule has 0 rings (SSSR count). The van der Waals surface area contributed by atoms with Gasteiger partial charge < -0.3 is 16.4 Å². The summed E-state index contributed by atoms with van der Waals surface area (Å²) in [6, 6.07) is 0.173. The molecule has 0 heterocycles. The zero-order chi connectivity index (χ0) is 16.4. The summed E-state index contributed by atoms with van der Waals surface area (Å²) >= 11 is 0. The summed E-state index contributed by atoms with van der Waals surface area (Å²) in [5.41, 5.74) is 5.50. The summed E-state index contributed by atoms with van der Waals surface area (Å²) in [7, 11) is 0.